The Bertz CT molecular complexity index is 296. The predicted molar refractivity (Wildman–Crippen MR) is 66.6 cm³/mol. The minimum absolute atomic E-state index is 0.00685. The lowest BCUT2D eigenvalue weighted by molar-refractivity contribution is -0.142. The molecular formula is C12H23N3O2. The molecular weight excluding hydrogens is 218 g/mol. The number of rotatable bonds is 3. The molecule has 2 amide bonds. The van der Waals surface area contributed by atoms with Gasteiger partial charge >= 0.3 is 0 Å². The molecule has 5 heteroatoms. The summed E-state index contributed by atoms with van der Waals surface area (Å²) in [5.74, 6) is -0.0485. The summed E-state index contributed by atoms with van der Waals surface area (Å²) in [5.41, 5.74) is -0.500. The zero-order valence-corrected chi connectivity index (χ0v) is 11.2. The molecule has 0 radical (unpaired) electrons. The second-order valence-corrected chi connectivity index (χ2v) is 5.17. The number of carbonyl (C=O) groups is 2. The molecule has 1 heterocycles. The fraction of sp³-hybridized carbons (Fsp3) is 0.833. The first-order valence-corrected chi connectivity index (χ1v) is 6.07. The van der Waals surface area contributed by atoms with Gasteiger partial charge in [0.25, 0.3) is 0 Å². The summed E-state index contributed by atoms with van der Waals surface area (Å²) in [4.78, 5) is 26.8. The second kappa shape index (κ2) is 5.49. The van der Waals surface area contributed by atoms with Crippen LogP contribution in [0.5, 0.6) is 0 Å². The summed E-state index contributed by atoms with van der Waals surface area (Å²) in [6.07, 6.45) is 3.01. The molecule has 1 aliphatic heterocycles. The van der Waals surface area contributed by atoms with Crippen LogP contribution in [0.25, 0.3) is 0 Å². The van der Waals surface area contributed by atoms with Crippen LogP contribution in [0, 0.1) is 0 Å². The van der Waals surface area contributed by atoms with Gasteiger partial charge in [-0.15, -0.1) is 0 Å². The number of piperidine rings is 1. The first-order valence-electron chi connectivity index (χ1n) is 6.07. The Morgan fingerprint density at radius 3 is 2.35 bits per heavy atom. The molecule has 1 unspecified atom stereocenters. The minimum atomic E-state index is -0.500. The van der Waals surface area contributed by atoms with Crippen LogP contribution in [-0.4, -0.2) is 61.4 Å². The molecule has 1 rings (SSSR count). The maximum absolute atomic E-state index is 12.3. The number of hydrogen-bond donors (Lipinski definition) is 1. The van der Waals surface area contributed by atoms with Crippen molar-refractivity contribution >= 4 is 11.8 Å². The number of hydrogen-bond acceptors (Lipinski definition) is 3. The van der Waals surface area contributed by atoms with Gasteiger partial charge in [0.1, 0.15) is 0 Å². The van der Waals surface area contributed by atoms with E-state index in [1.54, 1.807) is 21.1 Å². The molecule has 0 aromatic rings. The molecule has 1 aliphatic rings. The number of likely N-dealkylation sites (N-methyl/N-ethyl adjacent to an activating group) is 2. The highest BCUT2D eigenvalue weighted by Gasteiger charge is 2.36. The van der Waals surface area contributed by atoms with Crippen molar-refractivity contribution in [1.82, 2.24) is 15.1 Å². The Morgan fingerprint density at radius 1 is 1.24 bits per heavy atom. The molecule has 5 nitrogen and oxygen atoms in total. The average Bonchev–Trinajstić information content (AvgIpc) is 2.28. The average molecular weight is 241 g/mol. The van der Waals surface area contributed by atoms with Crippen molar-refractivity contribution in [2.45, 2.75) is 31.7 Å². The third-order valence-corrected chi connectivity index (χ3v) is 3.31. The molecule has 1 fully saturated rings. The number of nitrogens with one attached hydrogen (secondary N) is 1. The third-order valence-electron chi connectivity index (χ3n) is 3.31. The van der Waals surface area contributed by atoms with E-state index in [9.17, 15) is 9.59 Å². The van der Waals surface area contributed by atoms with Crippen molar-refractivity contribution in [1.29, 1.82) is 0 Å². The molecule has 1 N–H and O–H groups in total. The zero-order chi connectivity index (χ0) is 13.1. The fourth-order valence-electron chi connectivity index (χ4n) is 2.08. The first-order chi connectivity index (χ1) is 7.87. The van der Waals surface area contributed by atoms with Crippen molar-refractivity contribution in [3.63, 3.8) is 0 Å². The van der Waals surface area contributed by atoms with Gasteiger partial charge in [0, 0.05) is 21.1 Å². The maximum atomic E-state index is 12.3. The topological polar surface area (TPSA) is 52.7 Å². The van der Waals surface area contributed by atoms with Gasteiger partial charge in [-0.3, -0.25) is 9.59 Å². The van der Waals surface area contributed by atoms with Crippen molar-refractivity contribution in [3.8, 4) is 0 Å². The van der Waals surface area contributed by atoms with Gasteiger partial charge < -0.3 is 15.1 Å². The van der Waals surface area contributed by atoms with Crippen molar-refractivity contribution in [2.24, 2.45) is 0 Å². The van der Waals surface area contributed by atoms with Crippen LogP contribution in [0.1, 0.15) is 26.2 Å². The van der Waals surface area contributed by atoms with Gasteiger partial charge in [0.15, 0.2) is 0 Å². The van der Waals surface area contributed by atoms with E-state index >= 15 is 0 Å². The highest BCUT2D eigenvalue weighted by Crippen LogP contribution is 2.20. The van der Waals surface area contributed by atoms with Crippen molar-refractivity contribution in [2.75, 3.05) is 34.2 Å². The first kappa shape index (κ1) is 14.0. The third kappa shape index (κ3) is 3.43. The summed E-state index contributed by atoms with van der Waals surface area (Å²) >= 11 is 0. The fourth-order valence-corrected chi connectivity index (χ4v) is 2.08. The van der Waals surface area contributed by atoms with Crippen LogP contribution >= 0.6 is 0 Å². The quantitative estimate of drug-likeness (QED) is 0.760. The summed E-state index contributed by atoms with van der Waals surface area (Å²) in [6, 6.07) is 0. The molecule has 0 saturated carbocycles. The van der Waals surface area contributed by atoms with Crippen LogP contribution in [0.3, 0.4) is 0 Å². The Balaban J connectivity index is 2.59. The van der Waals surface area contributed by atoms with Crippen LogP contribution in [-0.2, 0) is 9.59 Å². The van der Waals surface area contributed by atoms with E-state index in [4.69, 9.17) is 0 Å². The molecule has 1 saturated heterocycles. The molecule has 0 spiro atoms. The van der Waals surface area contributed by atoms with Crippen LogP contribution in [0.15, 0.2) is 0 Å². The zero-order valence-electron chi connectivity index (χ0n) is 11.2. The van der Waals surface area contributed by atoms with Crippen LogP contribution in [0.2, 0.25) is 0 Å². The van der Waals surface area contributed by atoms with Gasteiger partial charge in [-0.2, -0.15) is 0 Å². The van der Waals surface area contributed by atoms with Gasteiger partial charge in [-0.1, -0.05) is 0 Å². The smallest absolute Gasteiger partial charge is 0.242 e. The van der Waals surface area contributed by atoms with Gasteiger partial charge in [0.2, 0.25) is 11.8 Å². The Hall–Kier alpha value is -1.10. The van der Waals surface area contributed by atoms with Gasteiger partial charge in [0.05, 0.1) is 12.1 Å². The van der Waals surface area contributed by atoms with Crippen LogP contribution < -0.4 is 5.32 Å². The van der Waals surface area contributed by atoms with Crippen molar-refractivity contribution < 1.29 is 9.59 Å². The van der Waals surface area contributed by atoms with E-state index in [2.05, 4.69) is 5.32 Å². The molecule has 0 bridgehead atoms. The largest absolute Gasteiger partial charge is 0.347 e. The molecule has 1 atom stereocenters. The normalized spacial score (nSPS) is 24.2. The Labute approximate surface area is 103 Å². The van der Waals surface area contributed by atoms with Crippen molar-refractivity contribution in [3.05, 3.63) is 0 Å². The summed E-state index contributed by atoms with van der Waals surface area (Å²) in [5, 5.41) is 3.26. The van der Waals surface area contributed by atoms with E-state index in [-0.39, 0.29) is 18.4 Å². The lowest BCUT2D eigenvalue weighted by atomic mass is 9.89. The van der Waals surface area contributed by atoms with Gasteiger partial charge in [-0.05, 0) is 32.7 Å². The number of carbonyl (C=O) groups excluding carboxylic acids is 2. The summed E-state index contributed by atoms with van der Waals surface area (Å²) in [6.45, 7) is 2.94. The Morgan fingerprint density at radius 2 is 1.88 bits per heavy atom. The lowest BCUT2D eigenvalue weighted by Gasteiger charge is -2.36. The van der Waals surface area contributed by atoms with E-state index in [1.165, 1.54) is 9.80 Å². The molecule has 17 heavy (non-hydrogen) atoms. The highest BCUT2D eigenvalue weighted by molar-refractivity contribution is 5.89. The van der Waals surface area contributed by atoms with E-state index in [0.29, 0.717) is 0 Å². The summed E-state index contributed by atoms with van der Waals surface area (Å²) in [7, 11) is 5.08. The Kier molecular flexibility index (Phi) is 4.51. The number of amides is 2. The standard InChI is InChI=1S/C12H23N3O2/c1-12(7-5-6-8-13-12)11(17)15(4)9-10(16)14(2)3/h13H,5-9H2,1-4H3. The van der Waals surface area contributed by atoms with Crippen LogP contribution in [0.4, 0.5) is 0 Å². The molecule has 98 valence electrons. The number of nitrogens with zero attached hydrogens (tertiary/aromatic N) is 2. The second-order valence-electron chi connectivity index (χ2n) is 5.17. The monoisotopic (exact) mass is 241 g/mol. The van der Waals surface area contributed by atoms with E-state index in [1.807, 2.05) is 6.92 Å². The highest BCUT2D eigenvalue weighted by atomic mass is 16.2. The minimum Gasteiger partial charge on any atom is -0.347 e. The van der Waals surface area contributed by atoms with E-state index < -0.39 is 5.54 Å². The molecule has 0 aromatic carbocycles. The maximum Gasteiger partial charge on any atom is 0.242 e. The lowest BCUT2D eigenvalue weighted by Crippen LogP contribution is -2.58. The summed E-state index contributed by atoms with van der Waals surface area (Å²) < 4.78 is 0. The van der Waals surface area contributed by atoms with Gasteiger partial charge in [-0.25, -0.2) is 0 Å². The SMILES string of the molecule is CN(C)C(=O)CN(C)C(=O)C1(C)CCCCN1. The molecule has 0 aliphatic carbocycles. The molecule has 0 aromatic heterocycles. The van der Waals surface area contributed by atoms with E-state index in [0.717, 1.165) is 25.8 Å². The predicted octanol–water partition coefficient (Wildman–Crippen LogP) is 0.0652.